The molecule has 1 aromatic heterocycles. The molecule has 0 unspecified atom stereocenters. The lowest BCUT2D eigenvalue weighted by atomic mass is 10.3. The first kappa shape index (κ1) is 12.4. The Kier molecular flexibility index (Phi) is 3.42. The van der Waals surface area contributed by atoms with Gasteiger partial charge in [0.2, 0.25) is 0 Å². The Bertz CT molecular complexity index is 728. The lowest BCUT2D eigenvalue weighted by Gasteiger charge is -2.09. The quantitative estimate of drug-likeness (QED) is 0.646. The van der Waals surface area contributed by atoms with Crippen molar-refractivity contribution >= 4 is 39.2 Å². The molecule has 0 saturated carbocycles. The van der Waals surface area contributed by atoms with E-state index in [0.717, 1.165) is 15.9 Å². The van der Waals surface area contributed by atoms with Gasteiger partial charge in [0.25, 0.3) is 0 Å². The Morgan fingerprint density at radius 1 is 1.05 bits per heavy atom. The van der Waals surface area contributed by atoms with E-state index in [1.54, 1.807) is 6.07 Å². The third-order valence-electron chi connectivity index (χ3n) is 2.60. The zero-order chi connectivity index (χ0) is 13.8. The molecule has 100 valence electrons. The van der Waals surface area contributed by atoms with Crippen molar-refractivity contribution in [3.63, 3.8) is 0 Å². The topological polar surface area (TPSA) is 78.9 Å². The van der Waals surface area contributed by atoms with E-state index in [2.05, 4.69) is 25.8 Å². The molecule has 0 atom stereocenters. The predicted molar refractivity (Wildman–Crippen MR) is 79.6 cm³/mol. The number of nitrogens with zero attached hydrogens (tertiary/aromatic N) is 2. The second-order valence-corrected chi connectivity index (χ2v) is 4.81. The summed E-state index contributed by atoms with van der Waals surface area (Å²) in [5.41, 5.74) is 7.60. The molecular formula is C13H11N5OS. The van der Waals surface area contributed by atoms with Gasteiger partial charge in [0.05, 0.1) is 10.4 Å². The number of fused-ring (bicyclic) bond motifs is 1. The van der Waals surface area contributed by atoms with Crippen LogP contribution >= 0.6 is 11.5 Å². The van der Waals surface area contributed by atoms with Crippen LogP contribution in [-0.4, -0.2) is 15.6 Å². The summed E-state index contributed by atoms with van der Waals surface area (Å²) < 4.78 is 4.83. The van der Waals surface area contributed by atoms with Gasteiger partial charge in [-0.25, -0.2) is 4.79 Å². The molecule has 0 aliphatic carbocycles. The number of hydrogen-bond donors (Lipinski definition) is 3. The summed E-state index contributed by atoms with van der Waals surface area (Å²) in [6.07, 6.45) is 0. The molecule has 2 amide bonds. The highest BCUT2D eigenvalue weighted by Gasteiger charge is 2.04. The van der Waals surface area contributed by atoms with Gasteiger partial charge in [-0.2, -0.15) is 0 Å². The molecule has 0 spiro atoms. The number of urea groups is 1. The van der Waals surface area contributed by atoms with E-state index in [1.807, 2.05) is 42.5 Å². The Labute approximate surface area is 119 Å². The van der Waals surface area contributed by atoms with Gasteiger partial charge in [-0.3, -0.25) is 10.9 Å². The zero-order valence-corrected chi connectivity index (χ0v) is 11.1. The fourth-order valence-electron chi connectivity index (χ4n) is 1.67. The van der Waals surface area contributed by atoms with E-state index in [-0.39, 0.29) is 6.03 Å². The van der Waals surface area contributed by atoms with E-state index < -0.39 is 0 Å². The second-order valence-electron chi connectivity index (χ2n) is 4.03. The van der Waals surface area contributed by atoms with E-state index in [1.165, 1.54) is 11.5 Å². The number of hydrogen-bond acceptors (Lipinski definition) is 5. The maximum absolute atomic E-state index is 11.7. The summed E-state index contributed by atoms with van der Waals surface area (Å²) in [7, 11) is 0. The summed E-state index contributed by atoms with van der Waals surface area (Å²) in [6, 6.07) is 14.5. The van der Waals surface area contributed by atoms with Crippen LogP contribution in [0.15, 0.2) is 48.5 Å². The summed E-state index contributed by atoms with van der Waals surface area (Å²) in [4.78, 5) is 11.7. The average Bonchev–Trinajstić information content (AvgIpc) is 2.94. The van der Waals surface area contributed by atoms with Crippen LogP contribution in [0.25, 0.3) is 10.2 Å². The van der Waals surface area contributed by atoms with E-state index in [9.17, 15) is 4.79 Å². The van der Waals surface area contributed by atoms with Crippen LogP contribution in [0.1, 0.15) is 0 Å². The van der Waals surface area contributed by atoms with Gasteiger partial charge in [-0.05, 0) is 41.9 Å². The molecular weight excluding hydrogens is 274 g/mol. The molecule has 0 bridgehead atoms. The first-order valence-corrected chi connectivity index (χ1v) is 6.69. The van der Waals surface area contributed by atoms with Crippen LogP contribution in [0, 0.1) is 0 Å². The molecule has 3 aromatic rings. The maximum Gasteiger partial charge on any atom is 0.337 e. The molecule has 20 heavy (non-hydrogen) atoms. The summed E-state index contributed by atoms with van der Waals surface area (Å²) in [5, 5.41) is 6.68. The number of anilines is 2. The van der Waals surface area contributed by atoms with E-state index in [0.29, 0.717) is 5.69 Å². The Hall–Kier alpha value is -2.67. The summed E-state index contributed by atoms with van der Waals surface area (Å²) in [5.74, 6) is 0. The minimum absolute atomic E-state index is 0.351. The number of carbonyl (C=O) groups is 1. The summed E-state index contributed by atoms with van der Waals surface area (Å²) in [6.45, 7) is 0. The van der Waals surface area contributed by atoms with Gasteiger partial charge in [0.15, 0.2) is 0 Å². The van der Waals surface area contributed by atoms with Gasteiger partial charge in [0, 0.05) is 5.69 Å². The molecule has 0 aliphatic rings. The number of para-hydroxylation sites is 1. The first-order valence-electron chi connectivity index (χ1n) is 5.91. The Balaban J connectivity index is 1.61. The lowest BCUT2D eigenvalue weighted by Crippen LogP contribution is -2.33. The van der Waals surface area contributed by atoms with Crippen LogP contribution in [0.2, 0.25) is 0 Å². The molecule has 0 fully saturated rings. The highest BCUT2D eigenvalue weighted by Crippen LogP contribution is 2.19. The van der Waals surface area contributed by atoms with Crippen molar-refractivity contribution in [2.24, 2.45) is 0 Å². The van der Waals surface area contributed by atoms with Gasteiger partial charge in [-0.15, -0.1) is 5.10 Å². The van der Waals surface area contributed by atoms with Gasteiger partial charge in [0.1, 0.15) is 5.52 Å². The van der Waals surface area contributed by atoms with Crippen molar-refractivity contribution in [2.45, 2.75) is 0 Å². The number of amides is 2. The van der Waals surface area contributed by atoms with Crippen LogP contribution in [-0.2, 0) is 0 Å². The fraction of sp³-hybridized carbons (Fsp3) is 0. The summed E-state index contributed by atoms with van der Waals surface area (Å²) >= 11 is 1.32. The molecule has 0 saturated heterocycles. The Morgan fingerprint density at radius 3 is 2.75 bits per heavy atom. The highest BCUT2D eigenvalue weighted by atomic mass is 32.1. The zero-order valence-electron chi connectivity index (χ0n) is 10.3. The van der Waals surface area contributed by atoms with Crippen molar-refractivity contribution in [3.8, 4) is 0 Å². The van der Waals surface area contributed by atoms with Crippen LogP contribution in [0.3, 0.4) is 0 Å². The monoisotopic (exact) mass is 285 g/mol. The van der Waals surface area contributed by atoms with Gasteiger partial charge >= 0.3 is 6.03 Å². The highest BCUT2D eigenvalue weighted by molar-refractivity contribution is 7.12. The molecule has 0 aliphatic heterocycles. The maximum atomic E-state index is 11.7. The van der Waals surface area contributed by atoms with E-state index >= 15 is 0 Å². The largest absolute Gasteiger partial charge is 0.337 e. The lowest BCUT2D eigenvalue weighted by molar-refractivity contribution is 0.254. The number of benzene rings is 2. The molecule has 7 heteroatoms. The van der Waals surface area contributed by atoms with Gasteiger partial charge in [-0.1, -0.05) is 22.7 Å². The molecule has 6 nitrogen and oxygen atoms in total. The van der Waals surface area contributed by atoms with Crippen molar-refractivity contribution in [2.75, 3.05) is 10.7 Å². The molecule has 3 N–H and O–H groups in total. The van der Waals surface area contributed by atoms with Crippen molar-refractivity contribution < 1.29 is 4.79 Å². The van der Waals surface area contributed by atoms with Gasteiger partial charge < -0.3 is 5.32 Å². The SMILES string of the molecule is O=C(NNc1ccccc1)Nc1ccc2snnc2c1. The number of nitrogens with one attached hydrogen (secondary N) is 3. The Morgan fingerprint density at radius 2 is 1.90 bits per heavy atom. The standard InChI is InChI=1S/C13H11N5OS/c19-13(17-15-9-4-2-1-3-5-9)14-10-6-7-12-11(8-10)16-18-20-12/h1-8,15H,(H2,14,17,19). The number of hydrazine groups is 1. The minimum Gasteiger partial charge on any atom is -0.307 e. The van der Waals surface area contributed by atoms with Crippen molar-refractivity contribution in [1.29, 1.82) is 0 Å². The number of rotatable bonds is 3. The smallest absolute Gasteiger partial charge is 0.307 e. The minimum atomic E-state index is -0.351. The predicted octanol–water partition coefficient (Wildman–Crippen LogP) is 2.84. The van der Waals surface area contributed by atoms with E-state index in [4.69, 9.17) is 0 Å². The third kappa shape index (κ3) is 2.83. The van der Waals surface area contributed by atoms with Crippen LogP contribution in [0.5, 0.6) is 0 Å². The molecule has 0 radical (unpaired) electrons. The fourth-order valence-corrected chi connectivity index (χ4v) is 2.21. The van der Waals surface area contributed by atoms with Crippen LogP contribution in [0.4, 0.5) is 16.2 Å². The average molecular weight is 285 g/mol. The number of carbonyl (C=O) groups excluding carboxylic acids is 1. The van der Waals surface area contributed by atoms with Crippen LogP contribution < -0.4 is 16.2 Å². The number of aromatic nitrogens is 2. The molecule has 2 aromatic carbocycles. The molecule has 3 rings (SSSR count). The molecule has 1 heterocycles. The van der Waals surface area contributed by atoms with Crippen molar-refractivity contribution in [3.05, 3.63) is 48.5 Å². The first-order chi connectivity index (χ1) is 9.81. The van der Waals surface area contributed by atoms with Crippen molar-refractivity contribution in [1.82, 2.24) is 15.0 Å². The third-order valence-corrected chi connectivity index (χ3v) is 3.30. The normalized spacial score (nSPS) is 10.2. The second kappa shape index (κ2) is 5.54.